The summed E-state index contributed by atoms with van der Waals surface area (Å²) in [5, 5.41) is 8.41. The number of nitrogens with zero attached hydrogens (tertiary/aromatic N) is 2. The Balaban J connectivity index is 2.25. The predicted molar refractivity (Wildman–Crippen MR) is 87.0 cm³/mol. The van der Waals surface area contributed by atoms with Gasteiger partial charge in [-0.05, 0) is 18.1 Å². The highest BCUT2D eigenvalue weighted by Crippen LogP contribution is 2.30. The number of nitrogens with two attached hydrogens (primary N) is 1. The standard InChI is InChI=1S/C15H21ClN4O/c1-9(2)14-13(17)15(20(3)19-14)18-8-10-11(16)6-5-7-12(10)21-4/h5-7,9,18H,8,17H2,1-4H3. The molecular formula is C15H21ClN4O. The van der Waals surface area contributed by atoms with Crippen molar-refractivity contribution < 1.29 is 4.74 Å². The van der Waals surface area contributed by atoms with E-state index < -0.39 is 0 Å². The fourth-order valence-corrected chi connectivity index (χ4v) is 2.50. The number of nitrogen functional groups attached to an aromatic ring is 1. The molecule has 0 saturated heterocycles. The Labute approximate surface area is 130 Å². The van der Waals surface area contributed by atoms with Crippen LogP contribution in [0.2, 0.25) is 5.02 Å². The summed E-state index contributed by atoms with van der Waals surface area (Å²) in [6, 6.07) is 5.59. The van der Waals surface area contributed by atoms with Crippen molar-refractivity contribution in [1.82, 2.24) is 9.78 Å². The van der Waals surface area contributed by atoms with Gasteiger partial charge in [-0.2, -0.15) is 5.10 Å². The van der Waals surface area contributed by atoms with Crippen LogP contribution >= 0.6 is 11.6 Å². The van der Waals surface area contributed by atoms with E-state index in [-0.39, 0.29) is 5.92 Å². The number of methoxy groups -OCH3 is 1. The monoisotopic (exact) mass is 308 g/mol. The van der Waals surface area contributed by atoms with Crippen LogP contribution in [0.3, 0.4) is 0 Å². The molecular weight excluding hydrogens is 288 g/mol. The van der Waals surface area contributed by atoms with Crippen molar-refractivity contribution in [3.63, 3.8) is 0 Å². The van der Waals surface area contributed by atoms with Crippen LogP contribution in [-0.2, 0) is 13.6 Å². The van der Waals surface area contributed by atoms with Gasteiger partial charge in [0.2, 0.25) is 0 Å². The van der Waals surface area contributed by atoms with Crippen LogP contribution in [-0.4, -0.2) is 16.9 Å². The van der Waals surface area contributed by atoms with Crippen molar-refractivity contribution in [3.8, 4) is 5.75 Å². The molecule has 2 rings (SSSR count). The second-order valence-corrected chi connectivity index (χ2v) is 5.61. The molecule has 0 atom stereocenters. The molecule has 0 saturated carbocycles. The van der Waals surface area contributed by atoms with Gasteiger partial charge in [-0.1, -0.05) is 31.5 Å². The number of rotatable bonds is 5. The zero-order valence-corrected chi connectivity index (χ0v) is 13.5. The normalized spacial score (nSPS) is 11.0. The Morgan fingerprint density at radius 3 is 2.71 bits per heavy atom. The summed E-state index contributed by atoms with van der Waals surface area (Å²) in [6.45, 7) is 4.66. The fourth-order valence-electron chi connectivity index (χ4n) is 2.27. The lowest BCUT2D eigenvalue weighted by atomic mass is 10.1. The first kappa shape index (κ1) is 15.5. The molecule has 6 heteroatoms. The van der Waals surface area contributed by atoms with Gasteiger partial charge in [-0.15, -0.1) is 0 Å². The molecule has 0 radical (unpaired) electrons. The Morgan fingerprint density at radius 2 is 2.14 bits per heavy atom. The van der Waals surface area contributed by atoms with Crippen molar-refractivity contribution in [2.45, 2.75) is 26.3 Å². The molecule has 0 spiro atoms. The molecule has 1 aromatic heterocycles. The number of anilines is 2. The van der Waals surface area contributed by atoms with Gasteiger partial charge < -0.3 is 15.8 Å². The molecule has 21 heavy (non-hydrogen) atoms. The molecule has 0 bridgehead atoms. The second-order valence-electron chi connectivity index (χ2n) is 5.20. The van der Waals surface area contributed by atoms with Crippen LogP contribution < -0.4 is 15.8 Å². The number of aryl methyl sites for hydroxylation is 1. The Bertz CT molecular complexity index is 637. The maximum absolute atomic E-state index is 6.24. The summed E-state index contributed by atoms with van der Waals surface area (Å²) in [5.41, 5.74) is 8.64. The smallest absolute Gasteiger partial charge is 0.148 e. The van der Waals surface area contributed by atoms with E-state index in [0.29, 0.717) is 17.3 Å². The second kappa shape index (κ2) is 6.26. The molecule has 1 aromatic carbocycles. The summed E-state index contributed by atoms with van der Waals surface area (Å²) in [7, 11) is 3.50. The molecule has 0 aliphatic carbocycles. The lowest BCUT2D eigenvalue weighted by Crippen LogP contribution is -2.07. The quantitative estimate of drug-likeness (QED) is 0.888. The third kappa shape index (κ3) is 3.08. The largest absolute Gasteiger partial charge is 0.496 e. The highest BCUT2D eigenvalue weighted by atomic mass is 35.5. The summed E-state index contributed by atoms with van der Waals surface area (Å²) < 4.78 is 7.10. The van der Waals surface area contributed by atoms with Gasteiger partial charge >= 0.3 is 0 Å². The van der Waals surface area contributed by atoms with E-state index in [1.807, 2.05) is 25.2 Å². The summed E-state index contributed by atoms with van der Waals surface area (Å²) >= 11 is 6.24. The SMILES string of the molecule is COc1cccc(Cl)c1CNc1c(N)c(C(C)C)nn1C. The average Bonchev–Trinajstić information content (AvgIpc) is 2.73. The van der Waals surface area contributed by atoms with Crippen LogP contribution in [0.15, 0.2) is 18.2 Å². The van der Waals surface area contributed by atoms with E-state index in [9.17, 15) is 0 Å². The number of aromatic nitrogens is 2. The van der Waals surface area contributed by atoms with Gasteiger partial charge in [-0.3, -0.25) is 4.68 Å². The molecule has 0 fully saturated rings. The molecule has 3 N–H and O–H groups in total. The number of nitrogens with one attached hydrogen (secondary N) is 1. The zero-order valence-electron chi connectivity index (χ0n) is 12.8. The van der Waals surface area contributed by atoms with Gasteiger partial charge in [0.05, 0.1) is 18.5 Å². The third-order valence-electron chi connectivity index (χ3n) is 3.39. The van der Waals surface area contributed by atoms with Crippen molar-refractivity contribution >= 4 is 23.1 Å². The first-order valence-electron chi connectivity index (χ1n) is 6.83. The Hall–Kier alpha value is -1.88. The van der Waals surface area contributed by atoms with E-state index in [2.05, 4.69) is 24.3 Å². The summed E-state index contributed by atoms with van der Waals surface area (Å²) in [5.74, 6) is 1.82. The van der Waals surface area contributed by atoms with E-state index in [0.717, 1.165) is 22.8 Å². The lowest BCUT2D eigenvalue weighted by Gasteiger charge is -2.12. The first-order chi connectivity index (χ1) is 9.95. The van der Waals surface area contributed by atoms with Crippen molar-refractivity contribution in [2.75, 3.05) is 18.2 Å². The average molecular weight is 309 g/mol. The molecule has 5 nitrogen and oxygen atoms in total. The molecule has 0 aliphatic rings. The minimum Gasteiger partial charge on any atom is -0.496 e. The van der Waals surface area contributed by atoms with Crippen molar-refractivity contribution in [2.24, 2.45) is 7.05 Å². The van der Waals surface area contributed by atoms with Crippen LogP contribution in [0.1, 0.15) is 31.0 Å². The molecule has 1 heterocycles. The van der Waals surface area contributed by atoms with Crippen LogP contribution in [0.25, 0.3) is 0 Å². The Morgan fingerprint density at radius 1 is 1.43 bits per heavy atom. The van der Waals surface area contributed by atoms with Gasteiger partial charge in [0, 0.05) is 24.2 Å². The maximum Gasteiger partial charge on any atom is 0.148 e. The van der Waals surface area contributed by atoms with E-state index in [1.165, 1.54) is 0 Å². The van der Waals surface area contributed by atoms with Crippen molar-refractivity contribution in [1.29, 1.82) is 0 Å². The van der Waals surface area contributed by atoms with Crippen LogP contribution in [0.4, 0.5) is 11.5 Å². The summed E-state index contributed by atoms with van der Waals surface area (Å²) in [6.07, 6.45) is 0. The van der Waals surface area contributed by atoms with E-state index >= 15 is 0 Å². The van der Waals surface area contributed by atoms with Gasteiger partial charge in [0.15, 0.2) is 0 Å². The highest BCUT2D eigenvalue weighted by molar-refractivity contribution is 6.31. The van der Waals surface area contributed by atoms with Gasteiger partial charge in [0.25, 0.3) is 0 Å². The molecule has 0 amide bonds. The highest BCUT2D eigenvalue weighted by Gasteiger charge is 2.16. The fraction of sp³-hybridized carbons (Fsp3) is 0.400. The number of hydrogen-bond acceptors (Lipinski definition) is 4. The minimum atomic E-state index is 0.279. The van der Waals surface area contributed by atoms with Crippen LogP contribution in [0.5, 0.6) is 5.75 Å². The van der Waals surface area contributed by atoms with Crippen LogP contribution in [0, 0.1) is 0 Å². The molecule has 0 aliphatic heterocycles. The maximum atomic E-state index is 6.24. The number of ether oxygens (including phenoxy) is 1. The van der Waals surface area contributed by atoms with E-state index in [4.69, 9.17) is 22.1 Å². The zero-order chi connectivity index (χ0) is 15.6. The lowest BCUT2D eigenvalue weighted by molar-refractivity contribution is 0.410. The van der Waals surface area contributed by atoms with Crippen molar-refractivity contribution in [3.05, 3.63) is 34.5 Å². The Kier molecular flexibility index (Phi) is 4.63. The summed E-state index contributed by atoms with van der Waals surface area (Å²) in [4.78, 5) is 0. The van der Waals surface area contributed by atoms with Gasteiger partial charge in [0.1, 0.15) is 11.6 Å². The molecule has 0 unspecified atom stereocenters. The first-order valence-corrected chi connectivity index (χ1v) is 7.21. The predicted octanol–water partition coefficient (Wildman–Crippen LogP) is 3.40. The number of benzene rings is 1. The number of hydrogen-bond donors (Lipinski definition) is 2. The third-order valence-corrected chi connectivity index (χ3v) is 3.74. The number of halogens is 1. The van der Waals surface area contributed by atoms with E-state index in [1.54, 1.807) is 11.8 Å². The topological polar surface area (TPSA) is 65.1 Å². The van der Waals surface area contributed by atoms with Gasteiger partial charge in [-0.25, -0.2) is 0 Å². The molecule has 2 aromatic rings. The molecule has 114 valence electrons. The minimum absolute atomic E-state index is 0.279.